The van der Waals surface area contributed by atoms with Gasteiger partial charge in [-0.1, -0.05) is 0 Å². The van der Waals surface area contributed by atoms with Crippen LogP contribution in [0.4, 0.5) is 5.82 Å². The average Bonchev–Trinajstić information content (AvgIpc) is 2.78. The number of nitrogens with zero attached hydrogens (tertiary/aromatic N) is 2. The van der Waals surface area contributed by atoms with Crippen LogP contribution >= 0.6 is 27.3 Å². The zero-order valence-electron chi connectivity index (χ0n) is 9.22. The van der Waals surface area contributed by atoms with Gasteiger partial charge in [-0.15, -0.1) is 0 Å². The number of aryl methyl sites for hydroxylation is 1. The minimum absolute atomic E-state index is 0.430. The summed E-state index contributed by atoms with van der Waals surface area (Å²) in [5, 5.41) is 16.9. The highest BCUT2D eigenvalue weighted by Crippen LogP contribution is 2.17. The Kier molecular flexibility index (Phi) is 4.09. The van der Waals surface area contributed by atoms with E-state index in [1.165, 1.54) is 0 Å². The summed E-state index contributed by atoms with van der Waals surface area (Å²) >= 11 is 4.88. The number of aromatic nitrogens is 2. The van der Waals surface area contributed by atoms with E-state index in [1.807, 2.05) is 23.8 Å². The van der Waals surface area contributed by atoms with E-state index in [0.29, 0.717) is 18.2 Å². The summed E-state index contributed by atoms with van der Waals surface area (Å²) in [4.78, 5) is 8.34. The molecule has 0 amide bonds. The van der Waals surface area contributed by atoms with Crippen molar-refractivity contribution in [1.29, 1.82) is 0 Å². The van der Waals surface area contributed by atoms with Gasteiger partial charge in [0.05, 0.1) is 6.10 Å². The molecule has 1 atom stereocenters. The van der Waals surface area contributed by atoms with E-state index in [0.717, 1.165) is 10.2 Å². The lowest BCUT2D eigenvalue weighted by atomic mass is 10.2. The molecule has 1 unspecified atom stereocenters. The highest BCUT2D eigenvalue weighted by atomic mass is 79.9. The number of hydrogen-bond acceptors (Lipinski definition) is 5. The van der Waals surface area contributed by atoms with Gasteiger partial charge in [0.1, 0.15) is 16.2 Å². The summed E-state index contributed by atoms with van der Waals surface area (Å²) in [7, 11) is 0. The smallest absolute Gasteiger partial charge is 0.130 e. The van der Waals surface area contributed by atoms with Crippen LogP contribution in [0.3, 0.4) is 0 Å². The molecule has 0 aliphatic carbocycles. The summed E-state index contributed by atoms with van der Waals surface area (Å²) in [6, 6.07) is 3.70. The van der Waals surface area contributed by atoms with Gasteiger partial charge >= 0.3 is 0 Å². The normalized spacial score (nSPS) is 12.4. The van der Waals surface area contributed by atoms with Crippen LogP contribution in [0.2, 0.25) is 0 Å². The van der Waals surface area contributed by atoms with Gasteiger partial charge in [0.2, 0.25) is 0 Å². The van der Waals surface area contributed by atoms with Crippen LogP contribution in [-0.4, -0.2) is 21.6 Å². The fraction of sp³-hybridized carbons (Fsp3) is 0.273. The monoisotopic (exact) mass is 313 g/mol. The summed E-state index contributed by atoms with van der Waals surface area (Å²) in [5.41, 5.74) is 0.923. The van der Waals surface area contributed by atoms with Crippen LogP contribution < -0.4 is 5.32 Å². The molecular weight excluding hydrogens is 302 g/mol. The lowest BCUT2D eigenvalue weighted by molar-refractivity contribution is 0.192. The van der Waals surface area contributed by atoms with Crippen molar-refractivity contribution in [2.24, 2.45) is 0 Å². The zero-order valence-corrected chi connectivity index (χ0v) is 11.6. The summed E-state index contributed by atoms with van der Waals surface area (Å²) in [5.74, 6) is 1.39. The van der Waals surface area contributed by atoms with Gasteiger partial charge < -0.3 is 10.4 Å². The van der Waals surface area contributed by atoms with E-state index in [-0.39, 0.29) is 0 Å². The number of halogens is 1. The standard InChI is InChI=1S/C11H12BrN3OS/c1-7-14-10(12)4-11(15-7)13-5-9(16)8-2-3-17-6-8/h2-4,6,9,16H,5H2,1H3,(H,13,14,15). The second-order valence-electron chi connectivity index (χ2n) is 3.58. The average molecular weight is 314 g/mol. The van der Waals surface area contributed by atoms with Crippen LogP contribution in [0.25, 0.3) is 0 Å². The summed E-state index contributed by atoms with van der Waals surface area (Å²) in [6.07, 6.45) is -0.518. The molecule has 90 valence electrons. The van der Waals surface area contributed by atoms with Crippen LogP contribution in [0.5, 0.6) is 0 Å². The molecule has 0 aliphatic rings. The van der Waals surface area contributed by atoms with Gasteiger partial charge in [-0.05, 0) is 45.2 Å². The maximum absolute atomic E-state index is 9.90. The first-order valence-corrected chi connectivity index (χ1v) is 6.84. The van der Waals surface area contributed by atoms with Crippen molar-refractivity contribution in [3.63, 3.8) is 0 Å². The molecule has 0 spiro atoms. The lowest BCUT2D eigenvalue weighted by Gasteiger charge is -2.11. The van der Waals surface area contributed by atoms with E-state index in [2.05, 4.69) is 31.2 Å². The third kappa shape index (κ3) is 3.49. The Morgan fingerprint density at radius 1 is 1.53 bits per heavy atom. The van der Waals surface area contributed by atoms with Crippen molar-refractivity contribution in [2.45, 2.75) is 13.0 Å². The first-order valence-electron chi connectivity index (χ1n) is 5.10. The van der Waals surface area contributed by atoms with E-state index in [4.69, 9.17) is 0 Å². The molecule has 17 heavy (non-hydrogen) atoms. The van der Waals surface area contributed by atoms with Crippen molar-refractivity contribution in [2.75, 3.05) is 11.9 Å². The summed E-state index contributed by atoms with van der Waals surface area (Å²) in [6.45, 7) is 2.25. The van der Waals surface area contributed by atoms with E-state index >= 15 is 0 Å². The number of thiophene rings is 1. The number of nitrogens with one attached hydrogen (secondary N) is 1. The molecule has 2 heterocycles. The molecule has 4 nitrogen and oxygen atoms in total. The van der Waals surface area contributed by atoms with Crippen molar-refractivity contribution in [3.05, 3.63) is 38.9 Å². The first kappa shape index (κ1) is 12.5. The third-order valence-electron chi connectivity index (χ3n) is 2.21. The molecular formula is C11H12BrN3OS. The Hall–Kier alpha value is -0.980. The Labute approximate surface area is 112 Å². The van der Waals surface area contributed by atoms with Crippen LogP contribution in [0.15, 0.2) is 27.5 Å². The van der Waals surface area contributed by atoms with Gasteiger partial charge in [-0.25, -0.2) is 9.97 Å². The number of aliphatic hydroxyl groups excluding tert-OH is 1. The molecule has 0 bridgehead atoms. The van der Waals surface area contributed by atoms with Crippen molar-refractivity contribution in [3.8, 4) is 0 Å². The van der Waals surface area contributed by atoms with E-state index < -0.39 is 6.10 Å². The number of hydrogen-bond donors (Lipinski definition) is 2. The molecule has 6 heteroatoms. The van der Waals surface area contributed by atoms with Crippen LogP contribution in [-0.2, 0) is 0 Å². The lowest BCUT2D eigenvalue weighted by Crippen LogP contribution is -2.12. The molecule has 0 fully saturated rings. The molecule has 2 N–H and O–H groups in total. The maximum atomic E-state index is 9.90. The van der Waals surface area contributed by atoms with Crippen molar-refractivity contribution in [1.82, 2.24) is 9.97 Å². The second-order valence-corrected chi connectivity index (χ2v) is 5.17. The Morgan fingerprint density at radius 3 is 3.00 bits per heavy atom. The maximum Gasteiger partial charge on any atom is 0.130 e. The number of anilines is 1. The Balaban J connectivity index is 1.98. The SMILES string of the molecule is Cc1nc(Br)cc(NCC(O)c2ccsc2)n1. The topological polar surface area (TPSA) is 58.0 Å². The second kappa shape index (κ2) is 5.57. The molecule has 0 radical (unpaired) electrons. The van der Waals surface area contributed by atoms with Gasteiger partial charge in [0.25, 0.3) is 0 Å². The molecule has 0 aliphatic heterocycles. The quantitative estimate of drug-likeness (QED) is 0.852. The molecule has 0 saturated carbocycles. The predicted molar refractivity (Wildman–Crippen MR) is 72.2 cm³/mol. The fourth-order valence-corrected chi connectivity index (χ4v) is 2.59. The first-order chi connectivity index (χ1) is 8.15. The van der Waals surface area contributed by atoms with Crippen LogP contribution in [0, 0.1) is 6.92 Å². The molecule has 2 rings (SSSR count). The molecule has 0 saturated heterocycles. The fourth-order valence-electron chi connectivity index (χ4n) is 1.41. The Morgan fingerprint density at radius 2 is 2.35 bits per heavy atom. The van der Waals surface area contributed by atoms with Gasteiger partial charge in [-0.2, -0.15) is 11.3 Å². The number of aliphatic hydroxyl groups is 1. The molecule has 2 aromatic heterocycles. The molecule has 0 aromatic carbocycles. The van der Waals surface area contributed by atoms with Crippen LogP contribution in [0.1, 0.15) is 17.5 Å². The van der Waals surface area contributed by atoms with Gasteiger partial charge in [0.15, 0.2) is 0 Å². The largest absolute Gasteiger partial charge is 0.387 e. The zero-order chi connectivity index (χ0) is 12.3. The van der Waals surface area contributed by atoms with E-state index in [9.17, 15) is 5.11 Å². The highest BCUT2D eigenvalue weighted by molar-refractivity contribution is 9.10. The third-order valence-corrected chi connectivity index (χ3v) is 3.32. The molecule has 2 aromatic rings. The van der Waals surface area contributed by atoms with Crippen molar-refractivity contribution >= 4 is 33.1 Å². The minimum Gasteiger partial charge on any atom is -0.387 e. The summed E-state index contributed by atoms with van der Waals surface area (Å²) < 4.78 is 0.734. The van der Waals surface area contributed by atoms with E-state index in [1.54, 1.807) is 17.4 Å². The highest BCUT2D eigenvalue weighted by Gasteiger charge is 2.08. The minimum atomic E-state index is -0.518. The van der Waals surface area contributed by atoms with Crippen molar-refractivity contribution < 1.29 is 5.11 Å². The Bertz CT molecular complexity index is 469. The predicted octanol–water partition coefficient (Wildman–Crippen LogP) is 2.75. The van der Waals surface area contributed by atoms with Gasteiger partial charge in [0, 0.05) is 12.6 Å². The van der Waals surface area contributed by atoms with Gasteiger partial charge in [-0.3, -0.25) is 0 Å². The number of rotatable bonds is 4.